The molecule has 16 heavy (non-hydrogen) atoms. The van der Waals surface area contributed by atoms with Crippen LogP contribution in [0, 0.1) is 5.92 Å². The van der Waals surface area contributed by atoms with Crippen LogP contribution in [0.4, 0.5) is 0 Å². The molecular formula is C14H21NO. The van der Waals surface area contributed by atoms with E-state index in [1.165, 1.54) is 11.1 Å². The Balaban J connectivity index is 2.51. The summed E-state index contributed by atoms with van der Waals surface area (Å²) >= 11 is 0. The van der Waals surface area contributed by atoms with Crippen molar-refractivity contribution in [2.75, 3.05) is 0 Å². The van der Waals surface area contributed by atoms with Gasteiger partial charge in [0.25, 0.3) is 0 Å². The van der Waals surface area contributed by atoms with Crippen LogP contribution in [0.25, 0.3) is 0 Å². The second-order valence-electron chi connectivity index (χ2n) is 4.20. The molecule has 0 saturated carbocycles. The Hall–Kier alpha value is -1.31. The molecule has 0 fully saturated rings. The molecule has 0 bridgehead atoms. The smallest absolute Gasteiger partial charge is 0.223 e. The number of amides is 1. The summed E-state index contributed by atoms with van der Waals surface area (Å²) in [5.41, 5.74) is 2.49. The van der Waals surface area contributed by atoms with Crippen molar-refractivity contribution in [2.45, 2.75) is 40.2 Å². The topological polar surface area (TPSA) is 29.1 Å². The van der Waals surface area contributed by atoms with Gasteiger partial charge in [-0.15, -0.1) is 0 Å². The second-order valence-corrected chi connectivity index (χ2v) is 4.20. The highest BCUT2D eigenvalue weighted by molar-refractivity contribution is 5.78. The third-order valence-corrected chi connectivity index (χ3v) is 2.93. The summed E-state index contributed by atoms with van der Waals surface area (Å²) in [6, 6.07) is 8.36. The summed E-state index contributed by atoms with van der Waals surface area (Å²) < 4.78 is 0. The molecule has 88 valence electrons. The number of benzene rings is 1. The first-order valence-electron chi connectivity index (χ1n) is 6.02. The molecule has 0 heterocycles. The van der Waals surface area contributed by atoms with Gasteiger partial charge in [-0.1, -0.05) is 45.0 Å². The molecule has 2 nitrogen and oxygen atoms in total. The first-order valence-corrected chi connectivity index (χ1v) is 6.02. The van der Waals surface area contributed by atoms with Gasteiger partial charge in [0, 0.05) is 12.5 Å². The van der Waals surface area contributed by atoms with Crippen molar-refractivity contribution >= 4 is 5.91 Å². The highest BCUT2D eigenvalue weighted by atomic mass is 16.1. The fraction of sp³-hybridized carbons (Fsp3) is 0.500. The van der Waals surface area contributed by atoms with Crippen LogP contribution in [0.5, 0.6) is 0 Å². The number of hydrogen-bond donors (Lipinski definition) is 1. The Morgan fingerprint density at radius 3 is 2.62 bits per heavy atom. The number of carbonyl (C=O) groups is 1. The van der Waals surface area contributed by atoms with Gasteiger partial charge in [0.1, 0.15) is 0 Å². The molecule has 0 aromatic heterocycles. The van der Waals surface area contributed by atoms with E-state index < -0.39 is 0 Å². The zero-order valence-corrected chi connectivity index (χ0v) is 10.4. The lowest BCUT2D eigenvalue weighted by Gasteiger charge is -2.10. The number of carbonyl (C=O) groups excluding carboxylic acids is 1. The van der Waals surface area contributed by atoms with Crippen LogP contribution in [-0.2, 0) is 17.8 Å². The SMILES string of the molecule is CCc1cccc(CNC(=O)C(C)CC)c1. The van der Waals surface area contributed by atoms with Gasteiger partial charge in [0.2, 0.25) is 5.91 Å². The summed E-state index contributed by atoms with van der Waals surface area (Å²) in [6.45, 7) is 6.76. The van der Waals surface area contributed by atoms with Crippen molar-refractivity contribution in [3.05, 3.63) is 35.4 Å². The lowest BCUT2D eigenvalue weighted by Crippen LogP contribution is -2.28. The number of aryl methyl sites for hydroxylation is 1. The van der Waals surface area contributed by atoms with Crippen molar-refractivity contribution in [2.24, 2.45) is 5.92 Å². The Bertz CT molecular complexity index is 346. The van der Waals surface area contributed by atoms with Gasteiger partial charge in [-0.25, -0.2) is 0 Å². The minimum Gasteiger partial charge on any atom is -0.352 e. The van der Waals surface area contributed by atoms with E-state index in [1.54, 1.807) is 0 Å². The highest BCUT2D eigenvalue weighted by Crippen LogP contribution is 2.06. The lowest BCUT2D eigenvalue weighted by atomic mass is 10.1. The number of rotatable bonds is 5. The third-order valence-electron chi connectivity index (χ3n) is 2.93. The number of nitrogens with one attached hydrogen (secondary N) is 1. The molecule has 0 aliphatic rings. The average molecular weight is 219 g/mol. The van der Waals surface area contributed by atoms with E-state index in [1.807, 2.05) is 19.9 Å². The van der Waals surface area contributed by atoms with E-state index in [9.17, 15) is 4.79 Å². The van der Waals surface area contributed by atoms with Crippen molar-refractivity contribution in [1.29, 1.82) is 0 Å². The van der Waals surface area contributed by atoms with Gasteiger partial charge in [-0.2, -0.15) is 0 Å². The molecule has 1 N–H and O–H groups in total. The lowest BCUT2D eigenvalue weighted by molar-refractivity contribution is -0.124. The predicted molar refractivity (Wildman–Crippen MR) is 67.1 cm³/mol. The van der Waals surface area contributed by atoms with E-state index in [-0.39, 0.29) is 11.8 Å². The molecule has 1 unspecified atom stereocenters. The summed E-state index contributed by atoms with van der Waals surface area (Å²) in [6.07, 6.45) is 1.92. The molecule has 1 aromatic rings. The molecule has 1 rings (SSSR count). The van der Waals surface area contributed by atoms with Crippen LogP contribution in [-0.4, -0.2) is 5.91 Å². The maximum absolute atomic E-state index is 11.6. The van der Waals surface area contributed by atoms with Crippen molar-refractivity contribution < 1.29 is 4.79 Å². The zero-order chi connectivity index (χ0) is 12.0. The maximum Gasteiger partial charge on any atom is 0.223 e. The van der Waals surface area contributed by atoms with Crippen LogP contribution in [0.15, 0.2) is 24.3 Å². The van der Waals surface area contributed by atoms with E-state index >= 15 is 0 Å². The summed E-state index contributed by atoms with van der Waals surface area (Å²) in [5, 5.41) is 2.96. The van der Waals surface area contributed by atoms with E-state index in [0.717, 1.165) is 12.8 Å². The molecule has 0 spiro atoms. The molecule has 1 atom stereocenters. The maximum atomic E-state index is 11.6. The minimum atomic E-state index is 0.106. The molecule has 2 heteroatoms. The molecule has 0 radical (unpaired) electrons. The van der Waals surface area contributed by atoms with E-state index in [4.69, 9.17) is 0 Å². The molecule has 0 aliphatic heterocycles. The van der Waals surface area contributed by atoms with Gasteiger partial charge in [0.05, 0.1) is 0 Å². The predicted octanol–water partition coefficient (Wildman–Crippen LogP) is 2.91. The first kappa shape index (κ1) is 12.8. The zero-order valence-electron chi connectivity index (χ0n) is 10.4. The standard InChI is InChI=1S/C14H21NO/c1-4-11(3)14(16)15-10-13-8-6-7-12(5-2)9-13/h6-9,11H,4-5,10H2,1-3H3,(H,15,16). The van der Waals surface area contributed by atoms with Gasteiger partial charge in [-0.05, 0) is 24.0 Å². The molecule has 0 saturated heterocycles. The fourth-order valence-corrected chi connectivity index (χ4v) is 1.51. The highest BCUT2D eigenvalue weighted by Gasteiger charge is 2.09. The van der Waals surface area contributed by atoms with Crippen LogP contribution >= 0.6 is 0 Å². The monoisotopic (exact) mass is 219 g/mol. The average Bonchev–Trinajstić information content (AvgIpc) is 2.35. The Morgan fingerprint density at radius 1 is 1.31 bits per heavy atom. The number of hydrogen-bond acceptors (Lipinski definition) is 1. The second kappa shape index (κ2) is 6.31. The Morgan fingerprint density at radius 2 is 2.00 bits per heavy atom. The van der Waals surface area contributed by atoms with Gasteiger partial charge >= 0.3 is 0 Å². The normalized spacial score (nSPS) is 12.2. The third kappa shape index (κ3) is 3.69. The van der Waals surface area contributed by atoms with Crippen LogP contribution in [0.2, 0.25) is 0 Å². The van der Waals surface area contributed by atoms with E-state index in [0.29, 0.717) is 6.54 Å². The summed E-state index contributed by atoms with van der Waals surface area (Å²) in [5.74, 6) is 0.249. The fourth-order valence-electron chi connectivity index (χ4n) is 1.51. The van der Waals surface area contributed by atoms with Gasteiger partial charge in [0.15, 0.2) is 0 Å². The van der Waals surface area contributed by atoms with Crippen molar-refractivity contribution in [1.82, 2.24) is 5.32 Å². The molecular weight excluding hydrogens is 198 g/mol. The Kier molecular flexibility index (Phi) is 5.03. The summed E-state index contributed by atoms with van der Waals surface area (Å²) in [4.78, 5) is 11.6. The van der Waals surface area contributed by atoms with Gasteiger partial charge < -0.3 is 5.32 Å². The van der Waals surface area contributed by atoms with Crippen LogP contribution < -0.4 is 5.32 Å². The quantitative estimate of drug-likeness (QED) is 0.810. The van der Waals surface area contributed by atoms with E-state index in [2.05, 4.69) is 30.4 Å². The molecule has 1 aromatic carbocycles. The summed E-state index contributed by atoms with van der Waals surface area (Å²) in [7, 11) is 0. The van der Waals surface area contributed by atoms with Crippen LogP contribution in [0.3, 0.4) is 0 Å². The molecule has 0 aliphatic carbocycles. The minimum absolute atomic E-state index is 0.106. The molecule has 1 amide bonds. The first-order chi connectivity index (χ1) is 7.67. The Labute approximate surface area is 98.1 Å². The van der Waals surface area contributed by atoms with Crippen molar-refractivity contribution in [3.63, 3.8) is 0 Å². The van der Waals surface area contributed by atoms with Crippen molar-refractivity contribution in [3.8, 4) is 0 Å². The largest absolute Gasteiger partial charge is 0.352 e. The van der Waals surface area contributed by atoms with Crippen LogP contribution in [0.1, 0.15) is 38.3 Å². The van der Waals surface area contributed by atoms with Gasteiger partial charge in [-0.3, -0.25) is 4.79 Å².